The minimum atomic E-state index is -1.06. The summed E-state index contributed by atoms with van der Waals surface area (Å²) >= 11 is 0. The first-order valence-corrected chi connectivity index (χ1v) is 6.25. The van der Waals surface area contributed by atoms with Crippen LogP contribution in [0.4, 0.5) is 20.6 Å². The number of carbonyl (C=O) groups excluding carboxylic acids is 3. The van der Waals surface area contributed by atoms with Crippen molar-refractivity contribution in [3.63, 3.8) is 0 Å². The van der Waals surface area contributed by atoms with E-state index >= 15 is 0 Å². The summed E-state index contributed by atoms with van der Waals surface area (Å²) in [6, 6.07) is 2.68. The lowest BCUT2D eigenvalue weighted by molar-refractivity contribution is -0.124. The van der Waals surface area contributed by atoms with Gasteiger partial charge in [-0.05, 0) is 17.7 Å². The van der Waals surface area contributed by atoms with Gasteiger partial charge < -0.3 is 21.5 Å². The third-order valence-electron chi connectivity index (χ3n) is 3.62. The van der Waals surface area contributed by atoms with Gasteiger partial charge in [-0.25, -0.2) is 9.18 Å². The maximum absolute atomic E-state index is 14.1. The number of ether oxygens (including phenoxy) is 1. The number of benzene rings is 1. The largest absolute Gasteiger partial charge is 0.434 e. The molecule has 118 valence electrons. The normalized spacial score (nSPS) is 19.8. The number of likely N-dealkylation sites (N-methyl/N-ethyl adjacent to an activating group) is 1. The number of fused-ring (bicyclic) bond motifs is 1. The molecule has 2 aliphatic rings. The predicted octanol–water partition coefficient (Wildman–Crippen LogP) is 0.317. The van der Waals surface area contributed by atoms with E-state index in [4.69, 9.17) is 10.5 Å². The van der Waals surface area contributed by atoms with Crippen molar-refractivity contribution in [1.82, 2.24) is 6.15 Å². The van der Waals surface area contributed by atoms with Crippen molar-refractivity contribution in [2.45, 2.75) is 12.5 Å². The van der Waals surface area contributed by atoms with Gasteiger partial charge in [0, 0.05) is 7.05 Å². The molecule has 0 radical (unpaired) electrons. The molecular formula is C13H15FN4O4. The molecule has 0 unspecified atom stereocenters. The monoisotopic (exact) mass is 310 g/mol. The fourth-order valence-electron chi connectivity index (χ4n) is 2.53. The number of hydrogen-bond acceptors (Lipinski definition) is 5. The third-order valence-corrected chi connectivity index (χ3v) is 3.62. The van der Waals surface area contributed by atoms with Crippen LogP contribution in [0.15, 0.2) is 12.1 Å². The van der Waals surface area contributed by atoms with E-state index in [1.54, 1.807) is 6.07 Å². The number of halogens is 1. The van der Waals surface area contributed by atoms with Crippen LogP contribution in [0.2, 0.25) is 0 Å². The van der Waals surface area contributed by atoms with Crippen LogP contribution in [0.25, 0.3) is 0 Å². The van der Waals surface area contributed by atoms with E-state index in [0.29, 0.717) is 5.56 Å². The van der Waals surface area contributed by atoms with Gasteiger partial charge in [0.15, 0.2) is 6.10 Å². The van der Waals surface area contributed by atoms with Gasteiger partial charge in [0.1, 0.15) is 5.82 Å². The maximum Gasteiger partial charge on any atom is 0.415 e. The zero-order chi connectivity index (χ0) is 15.3. The molecular weight excluding hydrogens is 295 g/mol. The molecule has 3 amide bonds. The number of primary amides is 1. The van der Waals surface area contributed by atoms with E-state index in [1.807, 2.05) is 0 Å². The number of rotatable bonds is 2. The standard InChI is InChI=1S/C13H12FN3O4.H3N/c1-16-10(18)3-6-2-7(4-8(14)11(6)16)17-5-9(12(15)19)21-13(17)20;/h2,4,9H,3,5H2,1H3,(H2,15,19);1H3/t9-;/m1./s1. The Morgan fingerprint density at radius 3 is 2.68 bits per heavy atom. The molecule has 0 aliphatic carbocycles. The molecule has 1 aromatic rings. The maximum atomic E-state index is 14.1. The first kappa shape index (κ1) is 15.7. The van der Waals surface area contributed by atoms with Crippen LogP contribution in [0.1, 0.15) is 5.56 Å². The zero-order valence-corrected chi connectivity index (χ0v) is 11.8. The average Bonchev–Trinajstić information content (AvgIpc) is 2.91. The van der Waals surface area contributed by atoms with Crippen molar-refractivity contribution in [3.8, 4) is 0 Å². The van der Waals surface area contributed by atoms with Gasteiger partial charge in [0.25, 0.3) is 5.91 Å². The SMILES string of the molecule is CN1C(=O)Cc2cc(N3C[C@H](C(N)=O)OC3=O)cc(F)c21.N. The lowest BCUT2D eigenvalue weighted by atomic mass is 10.1. The highest BCUT2D eigenvalue weighted by Gasteiger charge is 2.37. The highest BCUT2D eigenvalue weighted by molar-refractivity contribution is 6.02. The van der Waals surface area contributed by atoms with Crippen molar-refractivity contribution in [2.75, 3.05) is 23.4 Å². The summed E-state index contributed by atoms with van der Waals surface area (Å²) in [6.07, 6.45) is -1.76. The first-order valence-electron chi connectivity index (χ1n) is 6.25. The average molecular weight is 310 g/mol. The molecule has 22 heavy (non-hydrogen) atoms. The Kier molecular flexibility index (Phi) is 3.76. The van der Waals surface area contributed by atoms with Gasteiger partial charge in [-0.1, -0.05) is 0 Å². The Labute approximate surface area is 125 Å². The van der Waals surface area contributed by atoms with Crippen molar-refractivity contribution in [3.05, 3.63) is 23.5 Å². The van der Waals surface area contributed by atoms with E-state index in [-0.39, 0.29) is 36.4 Å². The molecule has 9 heteroatoms. The van der Waals surface area contributed by atoms with E-state index in [0.717, 1.165) is 11.0 Å². The summed E-state index contributed by atoms with van der Waals surface area (Å²) in [7, 11) is 1.49. The van der Waals surface area contributed by atoms with Gasteiger partial charge in [0.2, 0.25) is 5.91 Å². The van der Waals surface area contributed by atoms with Gasteiger partial charge in [-0.15, -0.1) is 0 Å². The number of cyclic esters (lactones) is 1. The number of nitrogens with two attached hydrogens (primary N) is 1. The van der Waals surface area contributed by atoms with Crippen molar-refractivity contribution in [2.24, 2.45) is 5.73 Å². The Balaban J connectivity index is 0.00000176. The van der Waals surface area contributed by atoms with Crippen LogP contribution in [-0.2, 0) is 20.7 Å². The van der Waals surface area contributed by atoms with Gasteiger partial charge >= 0.3 is 6.09 Å². The molecule has 0 spiro atoms. The molecule has 1 fully saturated rings. The summed E-state index contributed by atoms with van der Waals surface area (Å²) in [5.74, 6) is -1.59. The van der Waals surface area contributed by atoms with Crippen molar-refractivity contribution in [1.29, 1.82) is 0 Å². The minimum absolute atomic E-state index is 0. The Morgan fingerprint density at radius 2 is 2.09 bits per heavy atom. The smallest absolute Gasteiger partial charge is 0.415 e. The molecule has 8 nitrogen and oxygen atoms in total. The number of carbonyl (C=O) groups is 3. The molecule has 2 heterocycles. The van der Waals surface area contributed by atoms with E-state index in [9.17, 15) is 18.8 Å². The van der Waals surface area contributed by atoms with Crippen molar-refractivity contribution >= 4 is 29.3 Å². The van der Waals surface area contributed by atoms with E-state index in [2.05, 4.69) is 0 Å². The van der Waals surface area contributed by atoms with E-state index < -0.39 is 23.9 Å². The second-order valence-corrected chi connectivity index (χ2v) is 4.95. The Morgan fingerprint density at radius 1 is 1.41 bits per heavy atom. The van der Waals surface area contributed by atoms with Gasteiger partial charge in [-0.3, -0.25) is 14.5 Å². The second-order valence-electron chi connectivity index (χ2n) is 4.95. The fraction of sp³-hybridized carbons (Fsp3) is 0.308. The predicted molar refractivity (Wildman–Crippen MR) is 75.3 cm³/mol. The lowest BCUT2D eigenvalue weighted by Crippen LogP contribution is -2.32. The summed E-state index contributed by atoms with van der Waals surface area (Å²) in [5.41, 5.74) is 6.03. The Bertz CT molecular complexity index is 678. The molecule has 0 aromatic heterocycles. The molecule has 0 saturated carbocycles. The summed E-state index contributed by atoms with van der Waals surface area (Å²) < 4.78 is 19.0. The molecule has 1 saturated heterocycles. The van der Waals surface area contributed by atoms with Crippen LogP contribution in [0.3, 0.4) is 0 Å². The lowest BCUT2D eigenvalue weighted by Gasteiger charge is -2.16. The second kappa shape index (κ2) is 5.26. The molecule has 1 atom stereocenters. The zero-order valence-electron chi connectivity index (χ0n) is 11.8. The number of amides is 3. The number of nitrogens with zero attached hydrogens (tertiary/aromatic N) is 2. The first-order chi connectivity index (χ1) is 9.88. The van der Waals surface area contributed by atoms with E-state index in [1.165, 1.54) is 11.9 Å². The quantitative estimate of drug-likeness (QED) is 0.812. The Hall–Kier alpha value is -2.68. The molecule has 1 aromatic carbocycles. The van der Waals surface area contributed by atoms with Crippen LogP contribution in [0, 0.1) is 5.82 Å². The number of hydrogen-bond donors (Lipinski definition) is 2. The fourth-order valence-corrected chi connectivity index (χ4v) is 2.53. The summed E-state index contributed by atoms with van der Waals surface area (Å²) in [6.45, 7) is -0.0732. The third kappa shape index (κ3) is 2.25. The molecule has 3 rings (SSSR count). The summed E-state index contributed by atoms with van der Waals surface area (Å²) in [5, 5.41) is 0. The molecule has 0 bridgehead atoms. The van der Waals surface area contributed by atoms with Crippen molar-refractivity contribution < 1.29 is 23.5 Å². The van der Waals surface area contributed by atoms with Crippen LogP contribution in [-0.4, -0.2) is 37.6 Å². The highest BCUT2D eigenvalue weighted by atomic mass is 19.1. The number of anilines is 2. The highest BCUT2D eigenvalue weighted by Crippen LogP contribution is 2.35. The van der Waals surface area contributed by atoms with Gasteiger partial charge in [-0.2, -0.15) is 0 Å². The topological polar surface area (TPSA) is 128 Å². The van der Waals surface area contributed by atoms with Crippen LogP contribution in [0.5, 0.6) is 0 Å². The minimum Gasteiger partial charge on any atom is -0.434 e. The molecule has 5 N–H and O–H groups in total. The molecule has 2 aliphatic heterocycles. The van der Waals surface area contributed by atoms with Crippen LogP contribution < -0.4 is 21.7 Å². The van der Waals surface area contributed by atoms with Gasteiger partial charge in [0.05, 0.1) is 24.3 Å². The summed E-state index contributed by atoms with van der Waals surface area (Å²) in [4.78, 5) is 36.8. The van der Waals surface area contributed by atoms with Crippen LogP contribution >= 0.6 is 0 Å².